The van der Waals surface area contributed by atoms with E-state index < -0.39 is 17.8 Å². The minimum Gasteiger partial charge on any atom is -0.480 e. The van der Waals surface area contributed by atoms with Crippen LogP contribution in [0.1, 0.15) is 25.3 Å². The summed E-state index contributed by atoms with van der Waals surface area (Å²) in [6.45, 7) is 2.15. The fourth-order valence-electron chi connectivity index (χ4n) is 2.69. The van der Waals surface area contributed by atoms with Crippen molar-refractivity contribution in [2.45, 2.75) is 25.8 Å². The molecule has 1 aromatic rings. The molecule has 1 aliphatic rings. The van der Waals surface area contributed by atoms with E-state index in [2.05, 4.69) is 5.32 Å². The Morgan fingerprint density at radius 3 is 2.48 bits per heavy atom. The summed E-state index contributed by atoms with van der Waals surface area (Å²) in [5.41, 5.74) is 0.424. The lowest BCUT2D eigenvalue weighted by Gasteiger charge is -2.31. The van der Waals surface area contributed by atoms with E-state index in [0.29, 0.717) is 31.5 Å². The highest BCUT2D eigenvalue weighted by molar-refractivity contribution is 6.43. The van der Waals surface area contributed by atoms with Crippen molar-refractivity contribution in [1.82, 2.24) is 10.2 Å². The minimum atomic E-state index is -1.10. The minimum absolute atomic E-state index is 0.0312. The number of aliphatic carboxylic acids is 1. The molecule has 1 atom stereocenters. The maximum absolute atomic E-state index is 13.3. The predicted molar refractivity (Wildman–Crippen MR) is 100.0 cm³/mol. The van der Waals surface area contributed by atoms with E-state index >= 15 is 0 Å². The van der Waals surface area contributed by atoms with Crippen LogP contribution in [0.3, 0.4) is 0 Å². The molecular formula is C18H19Cl2FN2O4. The second-order valence-electron chi connectivity index (χ2n) is 6.27. The number of carboxylic acid groups (broad SMARTS) is 1. The normalized spacial score (nSPS) is 16.4. The van der Waals surface area contributed by atoms with Crippen molar-refractivity contribution in [3.63, 3.8) is 0 Å². The van der Waals surface area contributed by atoms with Gasteiger partial charge < -0.3 is 15.3 Å². The van der Waals surface area contributed by atoms with Crippen molar-refractivity contribution in [3.8, 4) is 0 Å². The average molecular weight is 417 g/mol. The quantitative estimate of drug-likeness (QED) is 0.570. The number of hydrogen-bond donors (Lipinski definition) is 2. The monoisotopic (exact) mass is 416 g/mol. The third-order valence-corrected chi connectivity index (χ3v) is 5.25. The van der Waals surface area contributed by atoms with Crippen molar-refractivity contribution in [2.24, 2.45) is 5.92 Å². The Bertz CT molecular complexity index is 777. The number of hydrogen-bond acceptors (Lipinski definition) is 3. The lowest BCUT2D eigenvalue weighted by Crippen LogP contribution is -2.46. The van der Waals surface area contributed by atoms with E-state index in [-0.39, 0.29) is 27.8 Å². The van der Waals surface area contributed by atoms with Gasteiger partial charge >= 0.3 is 5.97 Å². The molecule has 2 rings (SSSR count). The zero-order valence-corrected chi connectivity index (χ0v) is 16.1. The van der Waals surface area contributed by atoms with Gasteiger partial charge in [0, 0.05) is 25.1 Å². The number of halogens is 3. The molecule has 9 heteroatoms. The van der Waals surface area contributed by atoms with Crippen LogP contribution in [0.25, 0.3) is 6.08 Å². The number of nitrogens with one attached hydrogen (secondary N) is 1. The summed E-state index contributed by atoms with van der Waals surface area (Å²) < 4.78 is 13.3. The van der Waals surface area contributed by atoms with Crippen molar-refractivity contribution in [2.75, 3.05) is 13.1 Å². The second-order valence-corrected chi connectivity index (χ2v) is 7.02. The Balaban J connectivity index is 1.90. The van der Waals surface area contributed by atoms with E-state index in [1.165, 1.54) is 31.2 Å². The topological polar surface area (TPSA) is 86.7 Å². The number of carboxylic acids is 1. The Morgan fingerprint density at radius 1 is 1.26 bits per heavy atom. The summed E-state index contributed by atoms with van der Waals surface area (Å²) in [6.07, 6.45) is 3.67. The molecule has 27 heavy (non-hydrogen) atoms. The van der Waals surface area contributed by atoms with E-state index in [1.54, 1.807) is 4.90 Å². The number of nitrogens with zero attached hydrogens (tertiary/aromatic N) is 1. The third kappa shape index (κ3) is 5.43. The summed E-state index contributed by atoms with van der Waals surface area (Å²) in [7, 11) is 0. The van der Waals surface area contributed by atoms with E-state index in [0.717, 1.165) is 0 Å². The van der Waals surface area contributed by atoms with E-state index in [1.807, 2.05) is 0 Å². The number of benzene rings is 1. The van der Waals surface area contributed by atoms with Crippen molar-refractivity contribution >= 4 is 47.1 Å². The summed E-state index contributed by atoms with van der Waals surface area (Å²) in [6, 6.07) is 1.64. The zero-order valence-electron chi connectivity index (χ0n) is 14.5. The van der Waals surface area contributed by atoms with Crippen molar-refractivity contribution < 1.29 is 23.9 Å². The Kier molecular flexibility index (Phi) is 7.21. The van der Waals surface area contributed by atoms with Crippen LogP contribution in [0.15, 0.2) is 18.2 Å². The first-order valence-corrected chi connectivity index (χ1v) is 9.10. The SMILES string of the molecule is CC(NC(=O)C1CCN(C(=O)/C=C/c2ccc(F)c(Cl)c2Cl)CC1)C(=O)O. The van der Waals surface area contributed by atoms with Gasteiger partial charge in [0.15, 0.2) is 0 Å². The van der Waals surface area contributed by atoms with Gasteiger partial charge in [0.2, 0.25) is 11.8 Å². The fraction of sp³-hybridized carbons (Fsp3) is 0.389. The van der Waals surface area contributed by atoms with Gasteiger partial charge in [-0.25, -0.2) is 4.39 Å². The van der Waals surface area contributed by atoms with E-state index in [9.17, 15) is 18.8 Å². The molecule has 0 spiro atoms. The average Bonchev–Trinajstić information content (AvgIpc) is 2.65. The number of rotatable bonds is 5. The predicted octanol–water partition coefficient (Wildman–Crippen LogP) is 2.97. The van der Waals surface area contributed by atoms with Crippen LogP contribution in [-0.4, -0.2) is 46.9 Å². The lowest BCUT2D eigenvalue weighted by molar-refractivity contribution is -0.142. The molecule has 2 amide bonds. The van der Waals surface area contributed by atoms with E-state index in [4.69, 9.17) is 28.3 Å². The lowest BCUT2D eigenvalue weighted by atomic mass is 9.95. The molecule has 1 saturated heterocycles. The van der Waals surface area contributed by atoms with Crippen LogP contribution >= 0.6 is 23.2 Å². The first-order chi connectivity index (χ1) is 12.7. The third-order valence-electron chi connectivity index (χ3n) is 4.38. The van der Waals surface area contributed by atoms with Crippen LogP contribution in [0.5, 0.6) is 0 Å². The van der Waals surface area contributed by atoms with Crippen LogP contribution in [0.2, 0.25) is 10.0 Å². The van der Waals surface area contributed by atoms with Crippen molar-refractivity contribution in [3.05, 3.63) is 39.6 Å². The Hall–Kier alpha value is -2.12. The smallest absolute Gasteiger partial charge is 0.325 e. The van der Waals surface area contributed by atoms with Gasteiger partial charge in [0.05, 0.1) is 10.0 Å². The van der Waals surface area contributed by atoms with Gasteiger partial charge in [-0.15, -0.1) is 0 Å². The number of likely N-dealkylation sites (tertiary alicyclic amines) is 1. The molecule has 1 aliphatic heterocycles. The molecule has 0 saturated carbocycles. The molecule has 1 unspecified atom stereocenters. The number of carbonyl (C=O) groups is 3. The molecule has 6 nitrogen and oxygen atoms in total. The number of piperidine rings is 1. The maximum atomic E-state index is 13.3. The highest BCUT2D eigenvalue weighted by atomic mass is 35.5. The molecule has 0 aromatic heterocycles. The molecule has 0 bridgehead atoms. The summed E-state index contributed by atoms with van der Waals surface area (Å²) in [5, 5.41) is 11.1. The number of amides is 2. The molecule has 1 heterocycles. The molecule has 1 fully saturated rings. The first kappa shape index (κ1) is 21.2. The molecule has 0 aliphatic carbocycles. The molecule has 2 N–H and O–H groups in total. The molecule has 146 valence electrons. The van der Waals surface area contributed by atoms with Crippen LogP contribution < -0.4 is 5.32 Å². The van der Waals surface area contributed by atoms with Gasteiger partial charge in [-0.3, -0.25) is 14.4 Å². The Labute approximate surface area is 165 Å². The Morgan fingerprint density at radius 2 is 1.89 bits per heavy atom. The van der Waals surface area contributed by atoms with Gasteiger partial charge in [-0.1, -0.05) is 29.3 Å². The van der Waals surface area contributed by atoms with Gasteiger partial charge in [0.25, 0.3) is 0 Å². The van der Waals surface area contributed by atoms with Crippen LogP contribution in [0.4, 0.5) is 4.39 Å². The molecule has 0 radical (unpaired) electrons. The summed E-state index contributed by atoms with van der Waals surface area (Å²) >= 11 is 11.7. The van der Waals surface area contributed by atoms with Gasteiger partial charge in [-0.05, 0) is 37.5 Å². The molecular weight excluding hydrogens is 398 g/mol. The zero-order chi connectivity index (χ0) is 20.1. The summed E-state index contributed by atoms with van der Waals surface area (Å²) in [4.78, 5) is 36.7. The standard InChI is InChI=1S/C18H19Cl2FN2O4/c1-10(18(26)27)22-17(25)12-6-8-23(9-7-12)14(24)5-3-11-2-4-13(21)16(20)15(11)19/h2-5,10,12H,6-9H2,1H3,(H,22,25)(H,26,27)/b5-3+. The summed E-state index contributed by atoms with van der Waals surface area (Å²) in [5.74, 6) is -2.64. The van der Waals surface area contributed by atoms with Crippen LogP contribution in [-0.2, 0) is 14.4 Å². The van der Waals surface area contributed by atoms with Crippen molar-refractivity contribution in [1.29, 1.82) is 0 Å². The maximum Gasteiger partial charge on any atom is 0.325 e. The number of carbonyl (C=O) groups excluding carboxylic acids is 2. The van der Waals surface area contributed by atoms with Gasteiger partial charge in [0.1, 0.15) is 11.9 Å². The molecule has 1 aromatic carbocycles. The van der Waals surface area contributed by atoms with Crippen LogP contribution in [0, 0.1) is 11.7 Å². The van der Waals surface area contributed by atoms with Gasteiger partial charge in [-0.2, -0.15) is 0 Å². The fourth-order valence-corrected chi connectivity index (χ4v) is 3.08. The highest BCUT2D eigenvalue weighted by Crippen LogP contribution is 2.29. The largest absolute Gasteiger partial charge is 0.480 e. The first-order valence-electron chi connectivity index (χ1n) is 8.34. The highest BCUT2D eigenvalue weighted by Gasteiger charge is 2.28. The second kappa shape index (κ2) is 9.19.